The molecule has 0 aromatic heterocycles. The van der Waals surface area contributed by atoms with Crippen LogP contribution < -0.4 is 5.32 Å². The lowest BCUT2D eigenvalue weighted by Crippen LogP contribution is -2.38. The molecule has 0 aliphatic heterocycles. The molecule has 1 N–H and O–H groups in total. The zero-order chi connectivity index (χ0) is 16.5. The van der Waals surface area contributed by atoms with E-state index in [0.717, 1.165) is 13.0 Å². The smallest absolute Gasteiger partial charge is 0.243 e. The Morgan fingerprint density at radius 2 is 1.82 bits per heavy atom. The molecule has 0 unspecified atom stereocenters. The molecule has 0 fully saturated rings. The van der Waals surface area contributed by atoms with Crippen molar-refractivity contribution in [3.8, 4) is 6.07 Å². The van der Waals surface area contributed by atoms with E-state index in [4.69, 9.17) is 5.26 Å². The summed E-state index contributed by atoms with van der Waals surface area (Å²) in [6, 6.07) is 8.62. The number of amides is 2. The average Bonchev–Trinajstić information content (AvgIpc) is 2.46. The predicted octanol–water partition coefficient (Wildman–Crippen LogP) is 1.30. The molecule has 118 valence electrons. The molecule has 22 heavy (non-hydrogen) atoms. The second kappa shape index (κ2) is 8.80. The first-order chi connectivity index (χ1) is 10.4. The SMILES string of the molecule is CC(=O)N(CCCN(C)C)CC(=O)Nc1ccc(C#N)cc1. The number of carbonyl (C=O) groups excluding carboxylic acids is 2. The van der Waals surface area contributed by atoms with E-state index >= 15 is 0 Å². The summed E-state index contributed by atoms with van der Waals surface area (Å²) < 4.78 is 0. The number of anilines is 1. The van der Waals surface area contributed by atoms with Gasteiger partial charge in [-0.15, -0.1) is 0 Å². The summed E-state index contributed by atoms with van der Waals surface area (Å²) in [7, 11) is 3.94. The molecule has 6 heteroatoms. The number of nitrogens with zero attached hydrogens (tertiary/aromatic N) is 3. The third-order valence-corrected chi connectivity index (χ3v) is 3.11. The van der Waals surface area contributed by atoms with Crippen LogP contribution in [0.4, 0.5) is 5.69 Å². The number of carbonyl (C=O) groups is 2. The van der Waals surface area contributed by atoms with E-state index in [1.165, 1.54) is 11.8 Å². The lowest BCUT2D eigenvalue weighted by molar-refractivity contribution is -0.132. The summed E-state index contributed by atoms with van der Waals surface area (Å²) in [5.74, 6) is -0.363. The van der Waals surface area contributed by atoms with Crippen LogP contribution in [0.3, 0.4) is 0 Å². The molecule has 0 saturated heterocycles. The van der Waals surface area contributed by atoms with Crippen molar-refractivity contribution in [1.82, 2.24) is 9.80 Å². The topological polar surface area (TPSA) is 76.4 Å². The van der Waals surface area contributed by atoms with Crippen molar-refractivity contribution in [1.29, 1.82) is 5.26 Å². The minimum atomic E-state index is -0.246. The molecular weight excluding hydrogens is 280 g/mol. The third-order valence-electron chi connectivity index (χ3n) is 3.11. The van der Waals surface area contributed by atoms with Crippen molar-refractivity contribution >= 4 is 17.5 Å². The Hall–Kier alpha value is -2.39. The molecule has 0 saturated carbocycles. The summed E-state index contributed by atoms with van der Waals surface area (Å²) in [6.07, 6.45) is 0.816. The molecule has 0 aliphatic rings. The van der Waals surface area contributed by atoms with E-state index in [2.05, 4.69) is 5.32 Å². The van der Waals surface area contributed by atoms with E-state index in [1.807, 2.05) is 25.1 Å². The van der Waals surface area contributed by atoms with Crippen LogP contribution in [0.5, 0.6) is 0 Å². The normalized spacial score (nSPS) is 10.1. The van der Waals surface area contributed by atoms with E-state index in [-0.39, 0.29) is 18.4 Å². The van der Waals surface area contributed by atoms with Crippen LogP contribution in [-0.4, -0.2) is 55.3 Å². The second-order valence-electron chi connectivity index (χ2n) is 5.33. The molecule has 0 heterocycles. The van der Waals surface area contributed by atoms with E-state index in [1.54, 1.807) is 24.3 Å². The van der Waals surface area contributed by atoms with Gasteiger partial charge in [-0.3, -0.25) is 9.59 Å². The molecule has 0 bridgehead atoms. The van der Waals surface area contributed by atoms with Gasteiger partial charge in [0.15, 0.2) is 0 Å². The Morgan fingerprint density at radius 3 is 2.32 bits per heavy atom. The van der Waals surface area contributed by atoms with Crippen molar-refractivity contribution in [3.63, 3.8) is 0 Å². The molecule has 0 spiro atoms. The van der Waals surface area contributed by atoms with Gasteiger partial charge in [0.2, 0.25) is 11.8 Å². The van der Waals surface area contributed by atoms with Gasteiger partial charge in [0.25, 0.3) is 0 Å². The van der Waals surface area contributed by atoms with Gasteiger partial charge in [-0.05, 0) is 51.3 Å². The van der Waals surface area contributed by atoms with Crippen molar-refractivity contribution in [2.24, 2.45) is 0 Å². The molecule has 1 aromatic carbocycles. The van der Waals surface area contributed by atoms with Gasteiger partial charge >= 0.3 is 0 Å². The Bertz CT molecular complexity index is 546. The van der Waals surface area contributed by atoms with Crippen molar-refractivity contribution in [2.75, 3.05) is 39.0 Å². The van der Waals surface area contributed by atoms with Gasteiger partial charge in [0.1, 0.15) is 0 Å². The molecule has 0 radical (unpaired) electrons. The number of benzene rings is 1. The highest BCUT2D eigenvalue weighted by Gasteiger charge is 2.13. The van der Waals surface area contributed by atoms with Crippen molar-refractivity contribution in [3.05, 3.63) is 29.8 Å². The van der Waals surface area contributed by atoms with Crippen LogP contribution in [0.25, 0.3) is 0 Å². The zero-order valence-electron chi connectivity index (χ0n) is 13.3. The maximum absolute atomic E-state index is 12.0. The fraction of sp³-hybridized carbons (Fsp3) is 0.438. The van der Waals surface area contributed by atoms with Crippen LogP contribution in [0, 0.1) is 11.3 Å². The monoisotopic (exact) mass is 302 g/mol. The first kappa shape index (κ1) is 17.7. The third kappa shape index (κ3) is 6.37. The number of nitrogens with one attached hydrogen (secondary N) is 1. The molecular formula is C16H22N4O2. The highest BCUT2D eigenvalue weighted by molar-refractivity contribution is 5.94. The second-order valence-corrected chi connectivity index (χ2v) is 5.33. The minimum absolute atomic E-state index is 0.0305. The Kier molecular flexibility index (Phi) is 7.06. The Labute approximate surface area is 131 Å². The summed E-state index contributed by atoms with van der Waals surface area (Å²) in [5, 5.41) is 11.5. The van der Waals surface area contributed by atoms with Crippen LogP contribution in [0.1, 0.15) is 18.9 Å². The minimum Gasteiger partial charge on any atom is -0.334 e. The maximum Gasteiger partial charge on any atom is 0.243 e. The summed E-state index contributed by atoms with van der Waals surface area (Å²) in [5.41, 5.74) is 1.15. The molecule has 1 rings (SSSR count). The Morgan fingerprint density at radius 1 is 1.18 bits per heavy atom. The average molecular weight is 302 g/mol. The van der Waals surface area contributed by atoms with E-state index < -0.39 is 0 Å². The first-order valence-corrected chi connectivity index (χ1v) is 7.12. The van der Waals surface area contributed by atoms with Gasteiger partial charge in [0.05, 0.1) is 18.2 Å². The first-order valence-electron chi connectivity index (χ1n) is 7.12. The predicted molar refractivity (Wildman–Crippen MR) is 85.2 cm³/mol. The van der Waals surface area contributed by atoms with Crippen LogP contribution in [0.15, 0.2) is 24.3 Å². The molecule has 6 nitrogen and oxygen atoms in total. The quantitative estimate of drug-likeness (QED) is 0.823. The maximum atomic E-state index is 12.0. The van der Waals surface area contributed by atoms with Gasteiger partial charge in [0, 0.05) is 19.2 Å². The summed E-state index contributed by atoms with van der Waals surface area (Å²) in [6.45, 7) is 2.91. The number of rotatable bonds is 7. The summed E-state index contributed by atoms with van der Waals surface area (Å²) in [4.78, 5) is 27.2. The Balaban J connectivity index is 2.52. The fourth-order valence-electron chi connectivity index (χ4n) is 1.93. The highest BCUT2D eigenvalue weighted by Crippen LogP contribution is 2.08. The van der Waals surface area contributed by atoms with Crippen LogP contribution >= 0.6 is 0 Å². The van der Waals surface area contributed by atoms with E-state index in [9.17, 15) is 9.59 Å². The zero-order valence-corrected chi connectivity index (χ0v) is 13.3. The van der Waals surface area contributed by atoms with Gasteiger partial charge in [-0.2, -0.15) is 5.26 Å². The molecule has 1 aromatic rings. The van der Waals surface area contributed by atoms with Gasteiger partial charge in [-0.25, -0.2) is 0 Å². The molecule has 0 atom stereocenters. The lowest BCUT2D eigenvalue weighted by Gasteiger charge is -2.21. The number of hydrogen-bond donors (Lipinski definition) is 1. The van der Waals surface area contributed by atoms with Crippen LogP contribution in [0.2, 0.25) is 0 Å². The lowest BCUT2D eigenvalue weighted by atomic mass is 10.2. The van der Waals surface area contributed by atoms with Crippen molar-refractivity contribution in [2.45, 2.75) is 13.3 Å². The van der Waals surface area contributed by atoms with Crippen LogP contribution in [-0.2, 0) is 9.59 Å². The molecule has 2 amide bonds. The largest absolute Gasteiger partial charge is 0.334 e. The fourth-order valence-corrected chi connectivity index (χ4v) is 1.93. The number of nitriles is 1. The number of hydrogen-bond acceptors (Lipinski definition) is 4. The van der Waals surface area contributed by atoms with Gasteiger partial charge < -0.3 is 15.1 Å². The summed E-state index contributed by atoms with van der Waals surface area (Å²) >= 11 is 0. The standard InChI is InChI=1S/C16H22N4O2/c1-13(21)20(10-4-9-19(2)3)12-16(22)18-15-7-5-14(11-17)6-8-15/h5-8H,4,9-10,12H2,1-3H3,(H,18,22). The van der Waals surface area contributed by atoms with Crippen molar-refractivity contribution < 1.29 is 9.59 Å². The van der Waals surface area contributed by atoms with Gasteiger partial charge in [-0.1, -0.05) is 0 Å². The highest BCUT2D eigenvalue weighted by atomic mass is 16.2. The van der Waals surface area contributed by atoms with E-state index in [0.29, 0.717) is 17.8 Å². The molecule has 0 aliphatic carbocycles.